The predicted molar refractivity (Wildman–Crippen MR) is 65.7 cm³/mol. The summed E-state index contributed by atoms with van der Waals surface area (Å²) in [6.45, 7) is 5.72. The second-order valence-electron chi connectivity index (χ2n) is 4.55. The van der Waals surface area contributed by atoms with Gasteiger partial charge < -0.3 is 10.1 Å². The lowest BCUT2D eigenvalue weighted by Gasteiger charge is -2.31. The quantitative estimate of drug-likeness (QED) is 0.866. The summed E-state index contributed by atoms with van der Waals surface area (Å²) in [5, 5.41) is 3.38. The van der Waals surface area contributed by atoms with E-state index in [0.717, 1.165) is 25.2 Å². The van der Waals surface area contributed by atoms with Crippen LogP contribution in [-0.4, -0.2) is 37.7 Å². The minimum atomic E-state index is -0.185. The molecule has 1 N–H and O–H groups in total. The molecule has 17 heavy (non-hydrogen) atoms. The van der Waals surface area contributed by atoms with E-state index in [1.54, 1.807) is 13.2 Å². The first-order valence-corrected chi connectivity index (χ1v) is 5.97. The van der Waals surface area contributed by atoms with E-state index in [9.17, 15) is 4.39 Å². The average Bonchev–Trinajstić information content (AvgIpc) is 2.32. The van der Waals surface area contributed by atoms with Gasteiger partial charge in [-0.2, -0.15) is 0 Å². The molecule has 1 atom stereocenters. The van der Waals surface area contributed by atoms with E-state index in [1.807, 2.05) is 6.07 Å². The van der Waals surface area contributed by atoms with Crippen LogP contribution >= 0.6 is 0 Å². The Morgan fingerprint density at radius 2 is 2.35 bits per heavy atom. The minimum Gasteiger partial charge on any atom is -0.497 e. The van der Waals surface area contributed by atoms with Crippen molar-refractivity contribution in [1.29, 1.82) is 0 Å². The van der Waals surface area contributed by atoms with Gasteiger partial charge in [0.2, 0.25) is 0 Å². The summed E-state index contributed by atoms with van der Waals surface area (Å²) in [7, 11) is 1.55. The molecule has 1 aromatic rings. The predicted octanol–water partition coefficient (Wildman–Crippen LogP) is 1.63. The number of nitrogens with zero attached hydrogens (tertiary/aromatic N) is 1. The van der Waals surface area contributed by atoms with Crippen LogP contribution in [0.25, 0.3) is 0 Å². The molecule has 4 heteroatoms. The van der Waals surface area contributed by atoms with E-state index in [4.69, 9.17) is 4.74 Å². The average molecular weight is 238 g/mol. The molecule has 0 aromatic heterocycles. The molecule has 94 valence electrons. The first-order chi connectivity index (χ1) is 8.19. The summed E-state index contributed by atoms with van der Waals surface area (Å²) in [5.41, 5.74) is 0.736. The molecule has 1 aromatic carbocycles. The lowest BCUT2D eigenvalue weighted by Crippen LogP contribution is -2.48. The van der Waals surface area contributed by atoms with Gasteiger partial charge in [0, 0.05) is 43.9 Å². The normalized spacial score (nSPS) is 21.5. The van der Waals surface area contributed by atoms with Crippen molar-refractivity contribution >= 4 is 0 Å². The molecule has 1 heterocycles. The van der Waals surface area contributed by atoms with E-state index in [-0.39, 0.29) is 5.82 Å². The number of hydrogen-bond donors (Lipinski definition) is 1. The second kappa shape index (κ2) is 5.47. The Morgan fingerprint density at radius 3 is 3.00 bits per heavy atom. The maximum absolute atomic E-state index is 13.8. The molecule has 0 radical (unpaired) electrons. The largest absolute Gasteiger partial charge is 0.497 e. The number of halogens is 1. The number of methoxy groups -OCH3 is 1. The third-order valence-electron chi connectivity index (χ3n) is 3.11. The topological polar surface area (TPSA) is 24.5 Å². The van der Waals surface area contributed by atoms with Crippen LogP contribution in [0.4, 0.5) is 4.39 Å². The van der Waals surface area contributed by atoms with Crippen LogP contribution in [0.5, 0.6) is 5.75 Å². The molecule has 3 nitrogen and oxygen atoms in total. The fourth-order valence-electron chi connectivity index (χ4n) is 2.18. The molecule has 1 aliphatic rings. The molecule has 1 saturated heterocycles. The zero-order chi connectivity index (χ0) is 12.3. The van der Waals surface area contributed by atoms with E-state index in [0.29, 0.717) is 18.3 Å². The molecule has 0 amide bonds. The Bertz CT molecular complexity index is 384. The highest BCUT2D eigenvalue weighted by Gasteiger charge is 2.16. The smallest absolute Gasteiger partial charge is 0.131 e. The zero-order valence-electron chi connectivity index (χ0n) is 10.4. The molecule has 0 saturated carbocycles. The van der Waals surface area contributed by atoms with Crippen LogP contribution in [0.3, 0.4) is 0 Å². The molecule has 2 rings (SSSR count). The van der Waals surface area contributed by atoms with Gasteiger partial charge in [-0.15, -0.1) is 0 Å². The molecule has 1 fully saturated rings. The van der Waals surface area contributed by atoms with Crippen molar-refractivity contribution in [2.24, 2.45) is 0 Å². The number of benzene rings is 1. The molecule has 1 aliphatic heterocycles. The van der Waals surface area contributed by atoms with Gasteiger partial charge in [0.1, 0.15) is 11.6 Å². The highest BCUT2D eigenvalue weighted by Crippen LogP contribution is 2.18. The van der Waals surface area contributed by atoms with Crippen LogP contribution < -0.4 is 10.1 Å². The molecule has 0 spiro atoms. The number of ether oxygens (including phenoxy) is 1. The summed E-state index contributed by atoms with van der Waals surface area (Å²) in [6.07, 6.45) is 0. The van der Waals surface area contributed by atoms with Crippen molar-refractivity contribution in [2.45, 2.75) is 19.5 Å². The van der Waals surface area contributed by atoms with Crippen molar-refractivity contribution in [1.82, 2.24) is 10.2 Å². The summed E-state index contributed by atoms with van der Waals surface area (Å²) in [4.78, 5) is 2.27. The highest BCUT2D eigenvalue weighted by molar-refractivity contribution is 5.28. The fraction of sp³-hybridized carbons (Fsp3) is 0.538. The highest BCUT2D eigenvalue weighted by atomic mass is 19.1. The number of piperazine rings is 1. The van der Waals surface area contributed by atoms with Crippen LogP contribution in [-0.2, 0) is 6.54 Å². The van der Waals surface area contributed by atoms with Gasteiger partial charge in [-0.1, -0.05) is 6.07 Å². The SMILES string of the molecule is COc1ccc(CN2CCN[C@H](C)C2)c(F)c1. The Balaban J connectivity index is 2.02. The van der Waals surface area contributed by atoms with Crippen LogP contribution in [0.2, 0.25) is 0 Å². The van der Waals surface area contributed by atoms with Gasteiger partial charge in [0.15, 0.2) is 0 Å². The number of nitrogens with one attached hydrogen (secondary N) is 1. The maximum Gasteiger partial charge on any atom is 0.131 e. The van der Waals surface area contributed by atoms with Crippen molar-refractivity contribution in [3.63, 3.8) is 0 Å². The van der Waals surface area contributed by atoms with Crippen LogP contribution in [0.1, 0.15) is 12.5 Å². The standard InChI is InChI=1S/C13H19FN2O/c1-10-8-16(6-5-15-10)9-11-3-4-12(17-2)7-13(11)14/h3-4,7,10,15H,5-6,8-9H2,1-2H3/t10-/m1/s1. The summed E-state index contributed by atoms with van der Waals surface area (Å²) >= 11 is 0. The molecule has 0 aliphatic carbocycles. The fourth-order valence-corrected chi connectivity index (χ4v) is 2.18. The van der Waals surface area contributed by atoms with Crippen LogP contribution in [0.15, 0.2) is 18.2 Å². The van der Waals surface area contributed by atoms with Crippen molar-refractivity contribution in [2.75, 3.05) is 26.7 Å². The first kappa shape index (κ1) is 12.3. The second-order valence-corrected chi connectivity index (χ2v) is 4.55. The van der Waals surface area contributed by atoms with Gasteiger partial charge >= 0.3 is 0 Å². The Labute approximate surface area is 102 Å². The van der Waals surface area contributed by atoms with E-state index in [2.05, 4.69) is 17.1 Å². The molecule has 0 unspecified atom stereocenters. The molecule has 0 bridgehead atoms. The third kappa shape index (κ3) is 3.17. The Kier molecular flexibility index (Phi) is 3.97. The van der Waals surface area contributed by atoms with E-state index < -0.39 is 0 Å². The lowest BCUT2D eigenvalue weighted by molar-refractivity contribution is 0.197. The molecular weight excluding hydrogens is 219 g/mol. The number of rotatable bonds is 3. The maximum atomic E-state index is 13.8. The Hall–Kier alpha value is -1.13. The summed E-state index contributed by atoms with van der Waals surface area (Å²) in [5.74, 6) is 0.385. The van der Waals surface area contributed by atoms with Gasteiger partial charge in [0.05, 0.1) is 7.11 Å². The minimum absolute atomic E-state index is 0.185. The first-order valence-electron chi connectivity index (χ1n) is 5.97. The van der Waals surface area contributed by atoms with Crippen molar-refractivity contribution in [3.8, 4) is 5.75 Å². The monoisotopic (exact) mass is 238 g/mol. The van der Waals surface area contributed by atoms with Gasteiger partial charge in [-0.05, 0) is 13.0 Å². The van der Waals surface area contributed by atoms with Crippen molar-refractivity contribution in [3.05, 3.63) is 29.6 Å². The van der Waals surface area contributed by atoms with Gasteiger partial charge in [0.25, 0.3) is 0 Å². The van der Waals surface area contributed by atoms with Crippen molar-refractivity contribution < 1.29 is 9.13 Å². The van der Waals surface area contributed by atoms with Gasteiger partial charge in [-0.3, -0.25) is 4.90 Å². The molecular formula is C13H19FN2O. The number of hydrogen-bond acceptors (Lipinski definition) is 3. The lowest BCUT2D eigenvalue weighted by atomic mass is 10.1. The van der Waals surface area contributed by atoms with Gasteiger partial charge in [-0.25, -0.2) is 4.39 Å². The summed E-state index contributed by atoms with van der Waals surface area (Å²) in [6, 6.07) is 5.54. The zero-order valence-corrected chi connectivity index (χ0v) is 10.4. The van der Waals surface area contributed by atoms with E-state index >= 15 is 0 Å². The van der Waals surface area contributed by atoms with Crippen LogP contribution in [0, 0.1) is 5.82 Å². The van der Waals surface area contributed by atoms with E-state index in [1.165, 1.54) is 6.07 Å². The third-order valence-corrected chi connectivity index (χ3v) is 3.11. The Morgan fingerprint density at radius 1 is 1.53 bits per heavy atom. The summed E-state index contributed by atoms with van der Waals surface area (Å²) < 4.78 is 18.8.